The molecule has 0 saturated heterocycles. The zero-order chi connectivity index (χ0) is 24.2. The van der Waals surface area contributed by atoms with E-state index in [-0.39, 0.29) is 30.6 Å². The first-order valence-corrected chi connectivity index (χ1v) is 10.7. The first-order chi connectivity index (χ1) is 16.3. The molecule has 0 bridgehead atoms. The Morgan fingerprint density at radius 1 is 1.12 bits per heavy atom. The highest BCUT2D eigenvalue weighted by molar-refractivity contribution is 5.92. The molecule has 0 fully saturated rings. The highest BCUT2D eigenvalue weighted by atomic mass is 19.1. The van der Waals surface area contributed by atoms with Crippen molar-refractivity contribution >= 4 is 17.4 Å². The van der Waals surface area contributed by atoms with Crippen LogP contribution in [0.4, 0.5) is 10.1 Å². The lowest BCUT2D eigenvalue weighted by Gasteiger charge is -2.12. The molecule has 4 rings (SSSR count). The molecule has 0 radical (unpaired) electrons. The molecular weight excluding hydrogens is 441 g/mol. The number of para-hydroxylation sites is 1. The fourth-order valence-electron chi connectivity index (χ4n) is 3.30. The summed E-state index contributed by atoms with van der Waals surface area (Å²) in [5, 5.41) is 2.70. The number of halogens is 1. The van der Waals surface area contributed by atoms with Crippen molar-refractivity contribution in [1.29, 1.82) is 0 Å². The minimum absolute atomic E-state index is 0.00387. The maximum Gasteiger partial charge on any atom is 0.274 e. The van der Waals surface area contributed by atoms with Crippen LogP contribution in [0.1, 0.15) is 31.1 Å². The summed E-state index contributed by atoms with van der Waals surface area (Å²) in [6, 6.07) is 12.5. The zero-order valence-corrected chi connectivity index (χ0v) is 19.0. The number of hydrogen-bond acceptors (Lipinski definition) is 6. The zero-order valence-electron chi connectivity index (χ0n) is 19.0. The monoisotopic (exact) mass is 465 g/mol. The van der Waals surface area contributed by atoms with E-state index in [1.165, 1.54) is 22.7 Å². The van der Waals surface area contributed by atoms with Crippen molar-refractivity contribution in [1.82, 2.24) is 19.2 Å². The lowest BCUT2D eigenvalue weighted by Crippen LogP contribution is -2.23. The van der Waals surface area contributed by atoms with E-state index in [2.05, 4.69) is 15.3 Å². The van der Waals surface area contributed by atoms with Gasteiger partial charge in [-0.25, -0.2) is 9.37 Å². The molecule has 1 amide bonds. The van der Waals surface area contributed by atoms with Crippen LogP contribution in [0.2, 0.25) is 0 Å². The van der Waals surface area contributed by atoms with Gasteiger partial charge in [0.25, 0.3) is 17.2 Å². The summed E-state index contributed by atoms with van der Waals surface area (Å²) in [6.45, 7) is 5.46. The van der Waals surface area contributed by atoms with Gasteiger partial charge in [0.1, 0.15) is 18.7 Å². The van der Waals surface area contributed by atoms with Gasteiger partial charge in [-0.15, -0.1) is 0 Å². The number of hydrogen-bond donors (Lipinski definition) is 1. The highest BCUT2D eigenvalue weighted by Crippen LogP contribution is 2.24. The standard InChI is InChI=1S/C24H24FN5O4/c1-15(2)29-14-26-24-28-18(11-23(32)30(24)29)12-33-21-10-17(9-8-16(21)3)27-22(31)13-34-20-7-5-4-6-19(20)25/h4-11,14-15H,12-13H2,1-3H3,(H,27,31). The van der Waals surface area contributed by atoms with Gasteiger partial charge >= 0.3 is 0 Å². The smallest absolute Gasteiger partial charge is 0.274 e. The second-order valence-electron chi connectivity index (χ2n) is 7.95. The second-order valence-corrected chi connectivity index (χ2v) is 7.95. The largest absolute Gasteiger partial charge is 0.487 e. The Balaban J connectivity index is 1.42. The summed E-state index contributed by atoms with van der Waals surface area (Å²) in [6.07, 6.45) is 1.57. The summed E-state index contributed by atoms with van der Waals surface area (Å²) < 4.78 is 27.9. The highest BCUT2D eigenvalue weighted by Gasteiger charge is 2.12. The summed E-state index contributed by atoms with van der Waals surface area (Å²) in [4.78, 5) is 33.4. The quantitative estimate of drug-likeness (QED) is 0.428. The van der Waals surface area contributed by atoms with Crippen molar-refractivity contribution in [3.8, 4) is 11.5 Å². The first kappa shape index (κ1) is 23.0. The summed E-state index contributed by atoms with van der Waals surface area (Å²) in [5.74, 6) is -0.165. The van der Waals surface area contributed by atoms with Gasteiger partial charge in [-0.2, -0.15) is 9.50 Å². The summed E-state index contributed by atoms with van der Waals surface area (Å²) >= 11 is 0. The van der Waals surface area contributed by atoms with E-state index in [0.717, 1.165) is 5.56 Å². The molecule has 176 valence electrons. The van der Waals surface area contributed by atoms with Crippen molar-refractivity contribution in [2.24, 2.45) is 0 Å². The number of aromatic nitrogens is 4. The Bertz CT molecular complexity index is 1400. The van der Waals surface area contributed by atoms with Crippen molar-refractivity contribution in [3.63, 3.8) is 0 Å². The number of amides is 1. The summed E-state index contributed by atoms with van der Waals surface area (Å²) in [7, 11) is 0. The lowest BCUT2D eigenvalue weighted by molar-refractivity contribution is -0.118. The molecule has 2 aromatic heterocycles. The number of rotatable bonds is 8. The third-order valence-electron chi connectivity index (χ3n) is 5.03. The van der Waals surface area contributed by atoms with Crippen LogP contribution >= 0.6 is 0 Å². The third-order valence-corrected chi connectivity index (χ3v) is 5.03. The van der Waals surface area contributed by atoms with E-state index in [1.54, 1.807) is 41.3 Å². The van der Waals surface area contributed by atoms with Crippen LogP contribution in [0, 0.1) is 12.7 Å². The van der Waals surface area contributed by atoms with E-state index in [4.69, 9.17) is 9.47 Å². The van der Waals surface area contributed by atoms with Gasteiger partial charge in [0, 0.05) is 23.9 Å². The topological polar surface area (TPSA) is 99.7 Å². The Morgan fingerprint density at radius 3 is 2.68 bits per heavy atom. The Labute approximate surface area is 194 Å². The first-order valence-electron chi connectivity index (χ1n) is 10.7. The molecule has 2 aromatic carbocycles. The van der Waals surface area contributed by atoms with Crippen LogP contribution in [0.15, 0.2) is 59.7 Å². The van der Waals surface area contributed by atoms with Crippen LogP contribution < -0.4 is 20.3 Å². The van der Waals surface area contributed by atoms with E-state index in [1.807, 2.05) is 20.8 Å². The second kappa shape index (κ2) is 9.74. The minimum atomic E-state index is -0.538. The van der Waals surface area contributed by atoms with E-state index in [9.17, 15) is 14.0 Å². The lowest BCUT2D eigenvalue weighted by atomic mass is 10.2. The molecule has 0 atom stereocenters. The van der Waals surface area contributed by atoms with Gasteiger partial charge in [0.05, 0.1) is 5.69 Å². The predicted molar refractivity (Wildman–Crippen MR) is 124 cm³/mol. The average molecular weight is 465 g/mol. The number of anilines is 1. The van der Waals surface area contributed by atoms with Crippen molar-refractivity contribution in [2.75, 3.05) is 11.9 Å². The van der Waals surface area contributed by atoms with Gasteiger partial charge in [0.15, 0.2) is 18.2 Å². The van der Waals surface area contributed by atoms with Crippen LogP contribution in [0.3, 0.4) is 0 Å². The molecule has 0 spiro atoms. The van der Waals surface area contributed by atoms with Gasteiger partial charge in [0.2, 0.25) is 0 Å². The molecular formula is C24H24FN5O4. The van der Waals surface area contributed by atoms with Gasteiger partial charge in [-0.3, -0.25) is 14.3 Å². The Hall–Kier alpha value is -4.21. The molecule has 0 saturated carbocycles. The maximum absolute atomic E-state index is 13.6. The van der Waals surface area contributed by atoms with E-state index >= 15 is 0 Å². The normalized spacial score (nSPS) is 11.1. The molecule has 4 aromatic rings. The molecule has 2 heterocycles. The van der Waals surface area contributed by atoms with Gasteiger partial charge in [-0.1, -0.05) is 18.2 Å². The molecule has 0 aliphatic heterocycles. The SMILES string of the molecule is Cc1ccc(NC(=O)COc2ccccc2F)cc1OCc1cc(=O)n2c(ncn2C(C)C)n1. The molecule has 34 heavy (non-hydrogen) atoms. The Kier molecular flexibility index (Phi) is 6.58. The van der Waals surface area contributed by atoms with Crippen molar-refractivity contribution < 1.29 is 18.7 Å². The molecule has 0 aliphatic rings. The molecule has 0 unspecified atom stereocenters. The fraction of sp³-hybridized carbons (Fsp3) is 0.250. The van der Waals surface area contributed by atoms with Crippen LogP contribution in [0.25, 0.3) is 5.78 Å². The molecule has 0 aliphatic carbocycles. The maximum atomic E-state index is 13.6. The summed E-state index contributed by atoms with van der Waals surface area (Å²) in [5.41, 5.74) is 1.51. The predicted octanol–water partition coefficient (Wildman–Crippen LogP) is 3.52. The number of nitrogens with one attached hydrogen (secondary N) is 1. The molecule has 9 nitrogen and oxygen atoms in total. The number of carbonyl (C=O) groups is 1. The molecule has 1 N–H and O–H groups in total. The van der Waals surface area contributed by atoms with E-state index < -0.39 is 11.7 Å². The minimum Gasteiger partial charge on any atom is -0.487 e. The number of ether oxygens (including phenoxy) is 2. The van der Waals surface area contributed by atoms with Crippen molar-refractivity contribution in [2.45, 2.75) is 33.4 Å². The number of carbonyl (C=O) groups excluding carboxylic acids is 1. The number of fused-ring (bicyclic) bond motifs is 1. The van der Waals surface area contributed by atoms with Gasteiger partial charge < -0.3 is 14.8 Å². The van der Waals surface area contributed by atoms with E-state index in [0.29, 0.717) is 22.9 Å². The molecule has 10 heteroatoms. The average Bonchev–Trinajstić information content (AvgIpc) is 3.24. The number of nitrogens with zero attached hydrogens (tertiary/aromatic N) is 4. The van der Waals surface area contributed by atoms with Crippen LogP contribution in [-0.2, 0) is 11.4 Å². The fourth-order valence-corrected chi connectivity index (χ4v) is 3.30. The van der Waals surface area contributed by atoms with Crippen LogP contribution in [-0.4, -0.2) is 31.7 Å². The number of aryl methyl sites for hydroxylation is 1. The van der Waals surface area contributed by atoms with Crippen LogP contribution in [0.5, 0.6) is 11.5 Å². The van der Waals surface area contributed by atoms with Gasteiger partial charge in [-0.05, 0) is 44.5 Å². The third kappa shape index (κ3) is 5.06. The Morgan fingerprint density at radius 2 is 1.91 bits per heavy atom. The number of benzene rings is 2. The van der Waals surface area contributed by atoms with Crippen molar-refractivity contribution in [3.05, 3.63) is 82.3 Å².